The van der Waals surface area contributed by atoms with Crippen LogP contribution in [0.2, 0.25) is 0 Å². The van der Waals surface area contributed by atoms with Crippen molar-refractivity contribution in [2.45, 2.75) is 19.3 Å². The van der Waals surface area contributed by atoms with E-state index in [-0.39, 0.29) is 11.8 Å². The van der Waals surface area contributed by atoms with Crippen LogP contribution in [0.1, 0.15) is 19.3 Å². The normalized spacial score (nSPS) is 20.3. The van der Waals surface area contributed by atoms with Gasteiger partial charge in [0.05, 0.1) is 13.1 Å². The Morgan fingerprint density at radius 3 is 2.10 bits per heavy atom. The molecule has 114 valence electrons. The van der Waals surface area contributed by atoms with Crippen LogP contribution in [0.25, 0.3) is 0 Å². The number of carbonyl (C=O) groups excluding carboxylic acids is 2. The van der Waals surface area contributed by atoms with Crippen LogP contribution in [-0.2, 0) is 9.59 Å². The molecule has 6 heteroatoms. The minimum absolute atomic E-state index is 0.130. The van der Waals surface area contributed by atoms with Crippen LogP contribution in [0.4, 0.5) is 0 Å². The highest BCUT2D eigenvalue weighted by Crippen LogP contribution is 2.07. The number of likely N-dealkylation sites (N-methyl/N-ethyl adjacent to an activating group) is 1. The fourth-order valence-electron chi connectivity index (χ4n) is 2.78. The average molecular weight is 282 g/mol. The summed E-state index contributed by atoms with van der Waals surface area (Å²) in [7, 11) is 1.85. The fraction of sp³-hybridized carbons (Fsp3) is 0.857. The molecule has 2 rings (SSSR count). The molecule has 20 heavy (non-hydrogen) atoms. The zero-order valence-corrected chi connectivity index (χ0v) is 12.4. The van der Waals surface area contributed by atoms with E-state index in [1.165, 1.54) is 0 Å². The van der Waals surface area contributed by atoms with Crippen molar-refractivity contribution in [1.29, 1.82) is 0 Å². The first-order chi connectivity index (χ1) is 9.66. The largest absolute Gasteiger partial charge is 0.342 e. The smallest absolute Gasteiger partial charge is 0.236 e. The van der Waals surface area contributed by atoms with Gasteiger partial charge in [0.25, 0.3) is 0 Å². The molecule has 6 nitrogen and oxygen atoms in total. The first-order valence-corrected chi connectivity index (χ1v) is 7.61. The van der Waals surface area contributed by atoms with Crippen molar-refractivity contribution in [3.63, 3.8) is 0 Å². The molecule has 0 unspecified atom stereocenters. The molecular weight excluding hydrogens is 256 g/mol. The lowest BCUT2D eigenvalue weighted by Gasteiger charge is -2.25. The molecule has 2 aliphatic heterocycles. The minimum atomic E-state index is 0.130. The third-order valence-corrected chi connectivity index (χ3v) is 3.96. The molecule has 2 fully saturated rings. The SMILES string of the molecule is CN(CC(=O)N1CCCC1)CC(=O)N1CCCNCC1. The summed E-state index contributed by atoms with van der Waals surface area (Å²) in [5.41, 5.74) is 0. The van der Waals surface area contributed by atoms with Gasteiger partial charge in [-0.3, -0.25) is 14.5 Å². The summed E-state index contributed by atoms with van der Waals surface area (Å²) in [6, 6.07) is 0. The Balaban J connectivity index is 1.73. The van der Waals surface area contributed by atoms with Crippen LogP contribution >= 0.6 is 0 Å². The maximum atomic E-state index is 12.2. The Morgan fingerprint density at radius 1 is 0.900 bits per heavy atom. The molecule has 0 spiro atoms. The molecule has 2 heterocycles. The highest BCUT2D eigenvalue weighted by atomic mass is 16.2. The molecule has 0 aliphatic carbocycles. The van der Waals surface area contributed by atoms with Gasteiger partial charge in [-0.05, 0) is 32.9 Å². The molecule has 0 bridgehead atoms. The van der Waals surface area contributed by atoms with E-state index in [2.05, 4.69) is 5.32 Å². The Hall–Kier alpha value is -1.14. The van der Waals surface area contributed by atoms with Crippen molar-refractivity contribution in [2.75, 3.05) is 59.4 Å². The molecular formula is C14H26N4O2. The molecule has 2 amide bonds. The van der Waals surface area contributed by atoms with E-state index in [0.29, 0.717) is 13.1 Å². The van der Waals surface area contributed by atoms with Gasteiger partial charge in [-0.2, -0.15) is 0 Å². The van der Waals surface area contributed by atoms with Gasteiger partial charge < -0.3 is 15.1 Å². The quantitative estimate of drug-likeness (QED) is 0.745. The Labute approximate surface area is 121 Å². The van der Waals surface area contributed by atoms with Gasteiger partial charge in [0, 0.05) is 32.7 Å². The van der Waals surface area contributed by atoms with Gasteiger partial charge in [-0.15, -0.1) is 0 Å². The van der Waals surface area contributed by atoms with Gasteiger partial charge in [-0.25, -0.2) is 0 Å². The summed E-state index contributed by atoms with van der Waals surface area (Å²) in [6.07, 6.45) is 3.21. The van der Waals surface area contributed by atoms with E-state index in [1.807, 2.05) is 21.7 Å². The average Bonchev–Trinajstić information content (AvgIpc) is 2.81. The number of amides is 2. The van der Waals surface area contributed by atoms with Crippen LogP contribution in [-0.4, -0.2) is 85.9 Å². The summed E-state index contributed by atoms with van der Waals surface area (Å²) in [5, 5.41) is 3.29. The second-order valence-corrected chi connectivity index (χ2v) is 5.74. The summed E-state index contributed by atoms with van der Waals surface area (Å²) in [6.45, 7) is 5.86. The van der Waals surface area contributed by atoms with Crippen molar-refractivity contribution in [3.05, 3.63) is 0 Å². The molecule has 0 aromatic rings. The van der Waals surface area contributed by atoms with Crippen LogP contribution < -0.4 is 5.32 Å². The zero-order valence-electron chi connectivity index (χ0n) is 12.4. The fourth-order valence-corrected chi connectivity index (χ4v) is 2.78. The number of hydrogen-bond donors (Lipinski definition) is 1. The monoisotopic (exact) mass is 282 g/mol. The number of nitrogens with zero attached hydrogens (tertiary/aromatic N) is 3. The Bertz CT molecular complexity index is 334. The molecule has 2 saturated heterocycles. The Kier molecular flexibility index (Phi) is 5.79. The first kappa shape index (κ1) is 15.3. The van der Waals surface area contributed by atoms with Crippen molar-refractivity contribution in [1.82, 2.24) is 20.0 Å². The van der Waals surface area contributed by atoms with E-state index >= 15 is 0 Å². The van der Waals surface area contributed by atoms with Crippen molar-refractivity contribution < 1.29 is 9.59 Å². The highest BCUT2D eigenvalue weighted by Gasteiger charge is 2.21. The lowest BCUT2D eigenvalue weighted by Crippen LogP contribution is -2.44. The third-order valence-electron chi connectivity index (χ3n) is 3.96. The van der Waals surface area contributed by atoms with E-state index in [4.69, 9.17) is 0 Å². The third kappa shape index (κ3) is 4.45. The standard InChI is InChI=1S/C14H26N4O2/c1-16(11-13(19)17-7-2-3-8-17)12-14(20)18-9-4-5-15-6-10-18/h15H,2-12H2,1H3. The van der Waals surface area contributed by atoms with E-state index in [1.54, 1.807) is 0 Å². The molecule has 0 saturated carbocycles. The zero-order chi connectivity index (χ0) is 14.4. The maximum absolute atomic E-state index is 12.2. The maximum Gasteiger partial charge on any atom is 0.236 e. The molecule has 0 aromatic carbocycles. The van der Waals surface area contributed by atoms with Crippen molar-refractivity contribution in [2.24, 2.45) is 0 Å². The van der Waals surface area contributed by atoms with Crippen molar-refractivity contribution in [3.8, 4) is 0 Å². The molecule has 0 radical (unpaired) electrons. The highest BCUT2D eigenvalue weighted by molar-refractivity contribution is 5.81. The second kappa shape index (κ2) is 7.59. The van der Waals surface area contributed by atoms with Gasteiger partial charge >= 0.3 is 0 Å². The Morgan fingerprint density at radius 2 is 1.45 bits per heavy atom. The van der Waals surface area contributed by atoms with E-state index < -0.39 is 0 Å². The number of likely N-dealkylation sites (tertiary alicyclic amines) is 1. The van der Waals surface area contributed by atoms with Gasteiger partial charge in [0.1, 0.15) is 0 Å². The summed E-state index contributed by atoms with van der Waals surface area (Å²) < 4.78 is 0. The van der Waals surface area contributed by atoms with Crippen LogP contribution in [0, 0.1) is 0 Å². The lowest BCUT2D eigenvalue weighted by atomic mass is 10.3. The van der Waals surface area contributed by atoms with Crippen LogP contribution in [0.5, 0.6) is 0 Å². The van der Waals surface area contributed by atoms with Gasteiger partial charge in [0.2, 0.25) is 11.8 Å². The van der Waals surface area contributed by atoms with Gasteiger partial charge in [-0.1, -0.05) is 0 Å². The predicted molar refractivity (Wildman–Crippen MR) is 77.4 cm³/mol. The van der Waals surface area contributed by atoms with Crippen LogP contribution in [0.3, 0.4) is 0 Å². The first-order valence-electron chi connectivity index (χ1n) is 7.61. The number of hydrogen-bond acceptors (Lipinski definition) is 4. The van der Waals surface area contributed by atoms with Crippen molar-refractivity contribution >= 4 is 11.8 Å². The minimum Gasteiger partial charge on any atom is -0.342 e. The van der Waals surface area contributed by atoms with E-state index in [0.717, 1.165) is 58.5 Å². The molecule has 2 aliphatic rings. The number of rotatable bonds is 4. The lowest BCUT2D eigenvalue weighted by molar-refractivity contribution is -0.134. The number of carbonyl (C=O) groups is 2. The summed E-state index contributed by atoms with van der Waals surface area (Å²) in [5.74, 6) is 0.278. The predicted octanol–water partition coefficient (Wildman–Crippen LogP) is -0.637. The summed E-state index contributed by atoms with van der Waals surface area (Å²) in [4.78, 5) is 29.8. The van der Waals surface area contributed by atoms with Gasteiger partial charge in [0.15, 0.2) is 0 Å². The second-order valence-electron chi connectivity index (χ2n) is 5.74. The topological polar surface area (TPSA) is 55.9 Å². The van der Waals surface area contributed by atoms with Crippen LogP contribution in [0.15, 0.2) is 0 Å². The molecule has 0 atom stereocenters. The number of nitrogens with one attached hydrogen (secondary N) is 1. The van der Waals surface area contributed by atoms with E-state index in [9.17, 15) is 9.59 Å². The molecule has 1 N–H and O–H groups in total. The molecule has 0 aromatic heterocycles. The summed E-state index contributed by atoms with van der Waals surface area (Å²) >= 11 is 0.